The van der Waals surface area contributed by atoms with Gasteiger partial charge in [-0.3, -0.25) is 9.59 Å². The molecule has 2 N–H and O–H groups in total. The summed E-state index contributed by atoms with van der Waals surface area (Å²) in [5, 5.41) is 0.883. The fourth-order valence-corrected chi connectivity index (χ4v) is 3.08. The lowest BCUT2D eigenvalue weighted by Gasteiger charge is -2.23. The topological polar surface area (TPSA) is 81.2 Å². The molecule has 1 aromatic carbocycles. The highest BCUT2D eigenvalue weighted by Crippen LogP contribution is 2.19. The van der Waals surface area contributed by atoms with Crippen molar-refractivity contribution in [3.63, 3.8) is 0 Å². The van der Waals surface area contributed by atoms with Gasteiger partial charge in [0.05, 0.1) is 0 Å². The van der Waals surface area contributed by atoms with Crippen LogP contribution in [-0.4, -0.2) is 53.0 Å². The molecule has 6 nitrogen and oxygen atoms in total. The van der Waals surface area contributed by atoms with Crippen LogP contribution in [0.5, 0.6) is 0 Å². The molecule has 7 heteroatoms. The van der Waals surface area contributed by atoms with Gasteiger partial charge >= 0.3 is 0 Å². The fraction of sp³-hybridized carbons (Fsp3) is 0.348. The number of nitrogens with zero attached hydrogens (tertiary/aromatic N) is 3. The Balaban J connectivity index is 0.000000269. The van der Waals surface area contributed by atoms with Crippen LogP contribution < -0.4 is 5.73 Å². The van der Waals surface area contributed by atoms with Gasteiger partial charge < -0.3 is 15.2 Å². The van der Waals surface area contributed by atoms with Crippen LogP contribution in [0.15, 0.2) is 48.8 Å². The Morgan fingerprint density at radius 2 is 1.80 bits per heavy atom. The number of primary amides is 1. The molecule has 0 atom stereocenters. The number of fused-ring (bicyclic) bond motifs is 1. The van der Waals surface area contributed by atoms with E-state index in [1.807, 2.05) is 37.7 Å². The van der Waals surface area contributed by atoms with Gasteiger partial charge in [-0.1, -0.05) is 13.8 Å². The van der Waals surface area contributed by atoms with Crippen LogP contribution >= 0.6 is 0 Å². The molecule has 0 unspecified atom stereocenters. The van der Waals surface area contributed by atoms with Gasteiger partial charge in [0.1, 0.15) is 11.8 Å². The molecule has 0 spiro atoms. The highest BCUT2D eigenvalue weighted by Gasteiger charge is 2.14. The first kappa shape index (κ1) is 23.2. The molecule has 1 fully saturated rings. The molecule has 3 heterocycles. The minimum Gasteiger partial charge on any atom is -0.366 e. The molecule has 30 heavy (non-hydrogen) atoms. The molecule has 4 rings (SSSR count). The van der Waals surface area contributed by atoms with Gasteiger partial charge in [0.25, 0.3) is 0 Å². The average molecular weight is 413 g/mol. The second-order valence-electron chi connectivity index (χ2n) is 6.87. The van der Waals surface area contributed by atoms with E-state index in [0.717, 1.165) is 48.9 Å². The summed E-state index contributed by atoms with van der Waals surface area (Å²) >= 11 is 0. The minimum atomic E-state index is -0.522. The van der Waals surface area contributed by atoms with Crippen molar-refractivity contribution in [1.82, 2.24) is 14.5 Å². The Morgan fingerprint density at radius 3 is 2.33 bits per heavy atom. The predicted molar refractivity (Wildman–Crippen MR) is 118 cm³/mol. The van der Waals surface area contributed by atoms with E-state index in [9.17, 15) is 14.0 Å². The van der Waals surface area contributed by atoms with Crippen LogP contribution in [-0.2, 0) is 0 Å². The Kier molecular flexibility index (Phi) is 8.68. The maximum atomic E-state index is 12.3. The molecule has 0 bridgehead atoms. The molecule has 0 radical (unpaired) electrons. The predicted octanol–water partition coefficient (Wildman–Crippen LogP) is 4.01. The molecule has 3 aromatic rings. The van der Waals surface area contributed by atoms with Crippen molar-refractivity contribution in [2.75, 3.05) is 20.1 Å². The van der Waals surface area contributed by atoms with E-state index in [4.69, 9.17) is 5.73 Å². The van der Waals surface area contributed by atoms with Gasteiger partial charge in [-0.2, -0.15) is 0 Å². The number of alkyl halides is 1. The zero-order valence-corrected chi connectivity index (χ0v) is 17.7. The van der Waals surface area contributed by atoms with Crippen LogP contribution in [0.1, 0.15) is 47.4 Å². The van der Waals surface area contributed by atoms with Crippen molar-refractivity contribution >= 4 is 23.2 Å². The largest absolute Gasteiger partial charge is 0.366 e. The monoisotopic (exact) mass is 412 g/mol. The third kappa shape index (κ3) is 5.97. The molecule has 1 amide bonds. The number of amides is 1. The van der Waals surface area contributed by atoms with Crippen molar-refractivity contribution in [2.24, 2.45) is 5.73 Å². The molecule has 0 saturated carbocycles. The van der Waals surface area contributed by atoms with Crippen molar-refractivity contribution < 1.29 is 14.0 Å². The molecule has 160 valence electrons. The van der Waals surface area contributed by atoms with E-state index < -0.39 is 12.1 Å². The van der Waals surface area contributed by atoms with Crippen LogP contribution in [0.3, 0.4) is 0 Å². The van der Waals surface area contributed by atoms with Crippen molar-refractivity contribution in [3.05, 3.63) is 59.9 Å². The summed E-state index contributed by atoms with van der Waals surface area (Å²) in [5.74, 6) is -0.456. The lowest BCUT2D eigenvalue weighted by molar-refractivity contribution is 0.1000. The average Bonchev–Trinajstić information content (AvgIpc) is 3.21. The molecule has 1 aliphatic heterocycles. The highest BCUT2D eigenvalue weighted by atomic mass is 19.1. The Morgan fingerprint density at radius 1 is 1.17 bits per heavy atom. The summed E-state index contributed by atoms with van der Waals surface area (Å²) in [4.78, 5) is 28.2. The Labute approximate surface area is 176 Å². The maximum Gasteiger partial charge on any atom is 0.248 e. The summed E-state index contributed by atoms with van der Waals surface area (Å²) in [6.45, 7) is 5.86. The van der Waals surface area contributed by atoms with Crippen molar-refractivity contribution in [3.8, 4) is 5.69 Å². The first-order chi connectivity index (χ1) is 14.5. The number of carbonyl (C=O) groups is 2. The molecule has 1 saturated heterocycles. The van der Waals surface area contributed by atoms with E-state index >= 15 is 0 Å². The van der Waals surface area contributed by atoms with E-state index in [1.54, 1.807) is 30.3 Å². The normalized spacial score (nSPS) is 14.3. The van der Waals surface area contributed by atoms with Gasteiger partial charge in [0, 0.05) is 47.7 Å². The fourth-order valence-electron chi connectivity index (χ4n) is 3.08. The van der Waals surface area contributed by atoms with E-state index in [0.29, 0.717) is 11.1 Å². The number of likely N-dealkylation sites (tertiary alicyclic amines) is 1. The zero-order chi connectivity index (χ0) is 22.1. The molecular weight excluding hydrogens is 383 g/mol. The number of halogens is 1. The summed E-state index contributed by atoms with van der Waals surface area (Å²) in [5.41, 5.74) is 7.84. The maximum absolute atomic E-state index is 12.3. The van der Waals surface area contributed by atoms with Gasteiger partial charge in [0.2, 0.25) is 5.91 Å². The third-order valence-electron chi connectivity index (χ3n) is 4.76. The van der Waals surface area contributed by atoms with Crippen LogP contribution in [0, 0.1) is 0 Å². The molecule has 1 aliphatic rings. The second kappa shape index (κ2) is 11.2. The number of hydrogen-bond donors (Lipinski definition) is 1. The highest BCUT2D eigenvalue weighted by molar-refractivity contribution is 5.93. The summed E-state index contributed by atoms with van der Waals surface area (Å²) < 4.78 is 14.2. The SMILES string of the molecule is CC.CN1CCC(F)CC1.NC(=O)c1ccc(-n2ccc3cc(C=O)cnc32)cc1. The quantitative estimate of drug-likeness (QED) is 0.659. The van der Waals surface area contributed by atoms with Crippen LogP contribution in [0.25, 0.3) is 16.7 Å². The van der Waals surface area contributed by atoms with Gasteiger partial charge in [0.15, 0.2) is 6.29 Å². The number of hydrogen-bond acceptors (Lipinski definition) is 4. The summed E-state index contributed by atoms with van der Waals surface area (Å²) in [6.07, 6.45) is 5.11. The van der Waals surface area contributed by atoms with Gasteiger partial charge in [-0.05, 0) is 56.3 Å². The number of rotatable bonds is 3. The smallest absolute Gasteiger partial charge is 0.248 e. The van der Waals surface area contributed by atoms with Crippen molar-refractivity contribution in [2.45, 2.75) is 32.9 Å². The number of nitrogens with two attached hydrogens (primary N) is 1. The van der Waals surface area contributed by atoms with E-state index in [1.165, 1.54) is 6.20 Å². The molecular formula is C23H29FN4O2. The minimum absolute atomic E-state index is 0.456. The summed E-state index contributed by atoms with van der Waals surface area (Å²) in [6, 6.07) is 10.6. The summed E-state index contributed by atoms with van der Waals surface area (Å²) in [7, 11) is 2.03. The second-order valence-corrected chi connectivity index (χ2v) is 6.87. The standard InChI is InChI=1S/C15H11N3O2.C6H12FN.C2H6/c16-14(20)11-1-3-13(4-2-11)18-6-5-12-7-10(9-19)8-17-15(12)18;1-8-4-2-6(7)3-5-8;1-2/h1-9H,(H2,16,20);6H,2-5H2,1H3;1-2H3. The number of aldehydes is 1. The number of pyridine rings is 1. The number of carbonyl (C=O) groups excluding carboxylic acids is 2. The zero-order valence-electron chi connectivity index (χ0n) is 17.7. The number of aromatic nitrogens is 2. The number of benzene rings is 1. The van der Waals surface area contributed by atoms with E-state index in [-0.39, 0.29) is 0 Å². The van der Waals surface area contributed by atoms with Crippen molar-refractivity contribution in [1.29, 1.82) is 0 Å². The molecule has 0 aliphatic carbocycles. The van der Waals surface area contributed by atoms with Gasteiger partial charge in [-0.15, -0.1) is 0 Å². The van der Waals surface area contributed by atoms with Gasteiger partial charge in [-0.25, -0.2) is 9.37 Å². The first-order valence-electron chi connectivity index (χ1n) is 10.1. The van der Waals surface area contributed by atoms with Crippen LogP contribution in [0.4, 0.5) is 4.39 Å². The van der Waals surface area contributed by atoms with E-state index in [2.05, 4.69) is 9.88 Å². The lowest BCUT2D eigenvalue weighted by atomic mass is 10.1. The molecule has 2 aromatic heterocycles. The number of piperidine rings is 1. The lowest BCUT2D eigenvalue weighted by Crippen LogP contribution is -2.30. The third-order valence-corrected chi connectivity index (χ3v) is 4.76. The Hall–Kier alpha value is -3.06. The van der Waals surface area contributed by atoms with Crippen LogP contribution in [0.2, 0.25) is 0 Å². The first-order valence-corrected chi connectivity index (χ1v) is 10.1. The Bertz CT molecular complexity index is 951.